The maximum absolute atomic E-state index is 13.5. The average molecular weight is 592 g/mol. The van der Waals surface area contributed by atoms with Crippen LogP contribution in [-0.4, -0.2) is 55.7 Å². The van der Waals surface area contributed by atoms with E-state index in [0.717, 1.165) is 24.7 Å². The molecule has 4 rings (SSSR count). The van der Waals surface area contributed by atoms with Crippen molar-refractivity contribution >= 4 is 44.8 Å². The summed E-state index contributed by atoms with van der Waals surface area (Å²) >= 11 is 5.86. The van der Waals surface area contributed by atoms with Crippen LogP contribution < -0.4 is 21.1 Å². The van der Waals surface area contributed by atoms with E-state index in [1.54, 1.807) is 19.2 Å². The zero-order valence-corrected chi connectivity index (χ0v) is 23.9. The standard InChI is InChI=1S/C27H31ClFN5O5S/c1-34-25(30)23(27(36)32-18-7-9-21(29)20(28)14-18)24(33-34)16-5-4-15(12-16)19-8-6-17(13-22(19)39-2)26(35)31-10-11-40(3,37)38/h6-9,13-16H,4-5,10-12,30H2,1-3H3,(H,31,35)(H,32,36). The highest BCUT2D eigenvalue weighted by molar-refractivity contribution is 7.90. The van der Waals surface area contributed by atoms with Gasteiger partial charge in [0.1, 0.15) is 32.8 Å². The first kappa shape index (κ1) is 29.3. The van der Waals surface area contributed by atoms with Crippen LogP contribution in [0.4, 0.5) is 15.9 Å². The van der Waals surface area contributed by atoms with E-state index in [-0.39, 0.29) is 46.4 Å². The smallest absolute Gasteiger partial charge is 0.261 e. The third kappa shape index (κ3) is 6.56. The van der Waals surface area contributed by atoms with E-state index in [2.05, 4.69) is 15.7 Å². The molecule has 1 aromatic heterocycles. The van der Waals surface area contributed by atoms with Gasteiger partial charge in [0.15, 0.2) is 0 Å². The number of methoxy groups -OCH3 is 1. The molecule has 214 valence electrons. The number of carbonyl (C=O) groups is 2. The molecule has 4 N–H and O–H groups in total. The molecule has 0 bridgehead atoms. The second-order valence-corrected chi connectivity index (χ2v) is 12.6. The first-order chi connectivity index (χ1) is 18.9. The number of nitrogens with two attached hydrogens (primary N) is 1. The SMILES string of the molecule is COc1cc(C(=O)NCCS(C)(=O)=O)ccc1C1CCC(c2nn(C)c(N)c2C(=O)Nc2ccc(F)c(Cl)c2)C1. The molecule has 0 aliphatic heterocycles. The van der Waals surface area contributed by atoms with Crippen molar-refractivity contribution in [3.05, 3.63) is 69.6 Å². The quantitative estimate of drug-likeness (QED) is 0.342. The largest absolute Gasteiger partial charge is 0.496 e. The molecule has 1 heterocycles. The minimum absolute atomic E-state index is 0.0172. The topological polar surface area (TPSA) is 145 Å². The van der Waals surface area contributed by atoms with E-state index in [0.29, 0.717) is 29.1 Å². The van der Waals surface area contributed by atoms with Crippen molar-refractivity contribution in [2.45, 2.75) is 31.1 Å². The molecule has 0 spiro atoms. The number of nitrogens with one attached hydrogen (secondary N) is 2. The van der Waals surface area contributed by atoms with Crippen molar-refractivity contribution in [1.82, 2.24) is 15.1 Å². The minimum Gasteiger partial charge on any atom is -0.496 e. The van der Waals surface area contributed by atoms with E-state index in [1.165, 1.54) is 30.0 Å². The van der Waals surface area contributed by atoms with Gasteiger partial charge in [-0.1, -0.05) is 17.7 Å². The predicted octanol–water partition coefficient (Wildman–Crippen LogP) is 3.88. The molecule has 2 amide bonds. The Labute approximate surface area is 236 Å². The van der Waals surface area contributed by atoms with Crippen LogP contribution in [0.25, 0.3) is 0 Å². The minimum atomic E-state index is -3.19. The van der Waals surface area contributed by atoms with Gasteiger partial charge in [-0.3, -0.25) is 14.3 Å². The molecule has 10 nitrogen and oxygen atoms in total. The summed E-state index contributed by atoms with van der Waals surface area (Å²) in [5, 5.41) is 9.79. The number of carbonyl (C=O) groups excluding carboxylic acids is 2. The fourth-order valence-corrected chi connectivity index (χ4v) is 5.65. The lowest BCUT2D eigenvalue weighted by molar-refractivity contribution is 0.0954. The fraction of sp³-hybridized carbons (Fsp3) is 0.370. The second-order valence-electron chi connectivity index (χ2n) is 9.90. The van der Waals surface area contributed by atoms with Crippen molar-refractivity contribution in [3.63, 3.8) is 0 Å². The van der Waals surface area contributed by atoms with Gasteiger partial charge in [-0.05, 0) is 61.1 Å². The van der Waals surface area contributed by atoms with Gasteiger partial charge in [0.25, 0.3) is 11.8 Å². The highest BCUT2D eigenvalue weighted by atomic mass is 35.5. The van der Waals surface area contributed by atoms with Crippen molar-refractivity contribution in [2.75, 3.05) is 36.7 Å². The van der Waals surface area contributed by atoms with Gasteiger partial charge >= 0.3 is 0 Å². The van der Waals surface area contributed by atoms with Crippen LogP contribution >= 0.6 is 11.6 Å². The van der Waals surface area contributed by atoms with Gasteiger partial charge in [0.2, 0.25) is 0 Å². The molecule has 40 heavy (non-hydrogen) atoms. The molecule has 1 fully saturated rings. The molecule has 1 saturated carbocycles. The highest BCUT2D eigenvalue weighted by Gasteiger charge is 2.35. The summed E-state index contributed by atoms with van der Waals surface area (Å²) in [5.74, 6) is -0.801. The molecule has 13 heteroatoms. The highest BCUT2D eigenvalue weighted by Crippen LogP contribution is 2.47. The summed E-state index contributed by atoms with van der Waals surface area (Å²) in [6.07, 6.45) is 3.34. The number of aromatic nitrogens is 2. The molecule has 0 saturated heterocycles. The van der Waals surface area contributed by atoms with Crippen LogP contribution in [0.3, 0.4) is 0 Å². The van der Waals surface area contributed by atoms with Crippen molar-refractivity contribution < 1.29 is 27.1 Å². The molecular formula is C27H31ClFN5O5S. The van der Waals surface area contributed by atoms with Crippen LogP contribution in [0, 0.1) is 5.82 Å². The predicted molar refractivity (Wildman–Crippen MR) is 151 cm³/mol. The summed E-state index contributed by atoms with van der Waals surface area (Å²) in [5.41, 5.74) is 8.70. The van der Waals surface area contributed by atoms with Crippen LogP contribution in [0.5, 0.6) is 5.75 Å². The van der Waals surface area contributed by atoms with Gasteiger partial charge in [0.05, 0.1) is 23.6 Å². The molecule has 1 aliphatic carbocycles. The number of benzene rings is 2. The molecule has 2 atom stereocenters. The number of nitrogens with zero attached hydrogens (tertiary/aromatic N) is 2. The van der Waals surface area contributed by atoms with Crippen LogP contribution in [0.2, 0.25) is 5.02 Å². The van der Waals surface area contributed by atoms with Crippen LogP contribution in [0.15, 0.2) is 36.4 Å². The Kier molecular flexibility index (Phi) is 8.69. The van der Waals surface area contributed by atoms with E-state index in [9.17, 15) is 22.4 Å². The number of rotatable bonds is 9. The number of ether oxygens (including phenoxy) is 1. The number of aryl methyl sites for hydroxylation is 1. The zero-order valence-electron chi connectivity index (χ0n) is 22.3. The Morgan fingerprint density at radius 2 is 1.90 bits per heavy atom. The number of amides is 2. The molecule has 2 aromatic carbocycles. The third-order valence-electron chi connectivity index (χ3n) is 7.04. The molecule has 2 unspecified atom stereocenters. The normalized spacial score (nSPS) is 17.0. The first-order valence-corrected chi connectivity index (χ1v) is 15.0. The van der Waals surface area contributed by atoms with E-state index < -0.39 is 21.6 Å². The number of halogens is 2. The van der Waals surface area contributed by atoms with Crippen molar-refractivity contribution in [3.8, 4) is 5.75 Å². The Hall–Kier alpha value is -3.64. The van der Waals surface area contributed by atoms with Gasteiger partial charge in [-0.2, -0.15) is 5.10 Å². The Balaban J connectivity index is 1.51. The first-order valence-electron chi connectivity index (χ1n) is 12.6. The number of sulfone groups is 1. The summed E-state index contributed by atoms with van der Waals surface area (Å²) < 4.78 is 43.3. The zero-order chi connectivity index (χ0) is 29.2. The third-order valence-corrected chi connectivity index (χ3v) is 8.27. The summed E-state index contributed by atoms with van der Waals surface area (Å²) in [7, 11) is 0.00645. The average Bonchev–Trinajstić information content (AvgIpc) is 3.49. The lowest BCUT2D eigenvalue weighted by Gasteiger charge is -2.16. The maximum atomic E-state index is 13.5. The molecule has 1 aliphatic rings. The number of nitrogen functional groups attached to an aromatic ring is 1. The van der Waals surface area contributed by atoms with E-state index >= 15 is 0 Å². The lowest BCUT2D eigenvalue weighted by atomic mass is 9.92. The number of hydrogen-bond donors (Lipinski definition) is 3. The summed E-state index contributed by atoms with van der Waals surface area (Å²) in [6.45, 7) is 0.0172. The van der Waals surface area contributed by atoms with Gasteiger partial charge in [-0.25, -0.2) is 12.8 Å². The number of hydrogen-bond acceptors (Lipinski definition) is 7. The monoisotopic (exact) mass is 591 g/mol. The number of anilines is 2. The van der Waals surface area contributed by atoms with Crippen LogP contribution in [-0.2, 0) is 16.9 Å². The van der Waals surface area contributed by atoms with E-state index in [1.807, 2.05) is 6.07 Å². The summed E-state index contributed by atoms with van der Waals surface area (Å²) in [6, 6.07) is 9.09. The van der Waals surface area contributed by atoms with Crippen molar-refractivity contribution in [1.29, 1.82) is 0 Å². The van der Waals surface area contributed by atoms with Crippen LogP contribution in [0.1, 0.15) is 63.1 Å². The second kappa shape index (κ2) is 11.8. The van der Waals surface area contributed by atoms with Gasteiger partial charge < -0.3 is 21.1 Å². The molecule has 3 aromatic rings. The van der Waals surface area contributed by atoms with Crippen molar-refractivity contribution in [2.24, 2.45) is 7.05 Å². The van der Waals surface area contributed by atoms with Gasteiger partial charge in [-0.15, -0.1) is 0 Å². The van der Waals surface area contributed by atoms with Gasteiger partial charge in [0, 0.05) is 37.0 Å². The molecular weight excluding hydrogens is 561 g/mol. The Morgan fingerprint density at radius 3 is 2.58 bits per heavy atom. The molecule has 0 radical (unpaired) electrons. The Morgan fingerprint density at radius 1 is 1.18 bits per heavy atom. The maximum Gasteiger partial charge on any atom is 0.261 e. The fourth-order valence-electron chi connectivity index (χ4n) is 5.00. The van der Waals surface area contributed by atoms with E-state index in [4.69, 9.17) is 22.1 Å². The lowest BCUT2D eigenvalue weighted by Crippen LogP contribution is -2.28. The summed E-state index contributed by atoms with van der Waals surface area (Å²) in [4.78, 5) is 25.8. The Bertz CT molecular complexity index is 1560.